The van der Waals surface area contributed by atoms with Crippen molar-refractivity contribution in [3.8, 4) is 0 Å². The number of hydrogen-bond donors (Lipinski definition) is 1. The molecule has 11 heavy (non-hydrogen) atoms. The van der Waals surface area contributed by atoms with E-state index < -0.39 is 5.92 Å². The number of rotatable bonds is 5. The second kappa shape index (κ2) is 5.02. The lowest BCUT2D eigenvalue weighted by Gasteiger charge is -2.07. The monoisotopic (exact) mass is 158 g/mol. The molecular weight excluding hydrogens is 144 g/mol. The number of carbonyl (C=O) groups excluding carboxylic acids is 2. The Kier molecular flexibility index (Phi) is 4.70. The van der Waals surface area contributed by atoms with Crippen molar-refractivity contribution in [2.24, 2.45) is 5.92 Å². The maximum Gasteiger partial charge on any atom is 0.145 e. The predicted octanol–water partition coefficient (Wildman–Crippen LogP) is 0.553. The fraction of sp³-hybridized carbons (Fsp3) is 0.750. The second-order valence-electron chi connectivity index (χ2n) is 2.56. The number of ketones is 2. The third kappa shape index (κ3) is 3.28. The Morgan fingerprint density at radius 3 is 2.27 bits per heavy atom. The lowest BCUT2D eigenvalue weighted by atomic mass is 9.98. The highest BCUT2D eigenvalue weighted by molar-refractivity contribution is 6.01. The van der Waals surface area contributed by atoms with Crippen LogP contribution in [-0.4, -0.2) is 23.3 Å². The Hall–Kier alpha value is -0.700. The molecule has 0 aliphatic rings. The van der Waals surface area contributed by atoms with Crippen molar-refractivity contribution in [1.82, 2.24) is 0 Å². The highest BCUT2D eigenvalue weighted by Crippen LogP contribution is 2.04. The average Bonchev–Trinajstić information content (AvgIpc) is 1.88. The number of Topliss-reactive ketones (excluding diaryl/α,β-unsaturated/α-hetero) is 2. The van der Waals surface area contributed by atoms with Crippen molar-refractivity contribution in [2.45, 2.75) is 26.7 Å². The van der Waals surface area contributed by atoms with Gasteiger partial charge in [-0.3, -0.25) is 9.59 Å². The van der Waals surface area contributed by atoms with Gasteiger partial charge in [0, 0.05) is 6.42 Å². The van der Waals surface area contributed by atoms with Gasteiger partial charge in [0.25, 0.3) is 0 Å². The molecular formula is C8H14O3. The van der Waals surface area contributed by atoms with Crippen LogP contribution in [0.2, 0.25) is 0 Å². The Balaban J connectivity index is 4.03. The maximum absolute atomic E-state index is 11.0. The van der Waals surface area contributed by atoms with Crippen LogP contribution in [0.25, 0.3) is 0 Å². The summed E-state index contributed by atoms with van der Waals surface area (Å²) in [6, 6.07) is 0. The molecule has 1 unspecified atom stereocenters. The normalized spacial score (nSPS) is 12.6. The van der Waals surface area contributed by atoms with Crippen LogP contribution in [-0.2, 0) is 9.59 Å². The molecule has 0 amide bonds. The minimum atomic E-state index is -0.782. The third-order valence-corrected chi connectivity index (χ3v) is 1.56. The van der Waals surface area contributed by atoms with E-state index in [1.54, 1.807) is 0 Å². The molecule has 0 fully saturated rings. The van der Waals surface area contributed by atoms with Gasteiger partial charge in [0.05, 0.1) is 12.5 Å². The summed E-state index contributed by atoms with van der Waals surface area (Å²) in [5.74, 6) is -1.18. The van der Waals surface area contributed by atoms with Crippen molar-refractivity contribution in [3.63, 3.8) is 0 Å². The van der Waals surface area contributed by atoms with Crippen LogP contribution >= 0.6 is 0 Å². The van der Waals surface area contributed by atoms with E-state index in [4.69, 9.17) is 5.11 Å². The van der Waals surface area contributed by atoms with Crippen LogP contribution in [0.5, 0.6) is 0 Å². The standard InChI is InChI=1S/C8H14O3/c1-3-4-8(11)7(5-9)6(2)10/h7,9H,3-5H2,1-2H3. The van der Waals surface area contributed by atoms with E-state index >= 15 is 0 Å². The molecule has 0 radical (unpaired) electrons. The summed E-state index contributed by atoms with van der Waals surface area (Å²) in [5.41, 5.74) is 0. The fourth-order valence-electron chi connectivity index (χ4n) is 0.878. The largest absolute Gasteiger partial charge is 0.395 e. The number of hydrogen-bond acceptors (Lipinski definition) is 3. The molecule has 0 bridgehead atoms. The van der Waals surface area contributed by atoms with E-state index in [0.717, 1.165) is 6.42 Å². The molecule has 0 aromatic heterocycles. The highest BCUT2D eigenvalue weighted by atomic mass is 16.3. The van der Waals surface area contributed by atoms with Gasteiger partial charge < -0.3 is 5.11 Å². The maximum atomic E-state index is 11.0. The third-order valence-electron chi connectivity index (χ3n) is 1.56. The molecule has 1 atom stereocenters. The SMILES string of the molecule is CCCC(=O)C(CO)C(C)=O. The zero-order valence-corrected chi connectivity index (χ0v) is 6.96. The number of aliphatic hydroxyl groups excluding tert-OH is 1. The van der Waals surface area contributed by atoms with Crippen LogP contribution < -0.4 is 0 Å². The van der Waals surface area contributed by atoms with Crippen LogP contribution in [0.15, 0.2) is 0 Å². The van der Waals surface area contributed by atoms with E-state index in [-0.39, 0.29) is 18.2 Å². The average molecular weight is 158 g/mol. The first-order valence-corrected chi connectivity index (χ1v) is 3.77. The van der Waals surface area contributed by atoms with E-state index in [2.05, 4.69) is 0 Å². The topological polar surface area (TPSA) is 54.4 Å². The number of carbonyl (C=O) groups is 2. The first-order valence-electron chi connectivity index (χ1n) is 3.77. The zero-order valence-electron chi connectivity index (χ0n) is 6.96. The van der Waals surface area contributed by atoms with Gasteiger partial charge in [-0.2, -0.15) is 0 Å². The van der Waals surface area contributed by atoms with Crippen molar-refractivity contribution >= 4 is 11.6 Å². The minimum absolute atomic E-state index is 0.150. The lowest BCUT2D eigenvalue weighted by Crippen LogP contribution is -2.25. The minimum Gasteiger partial charge on any atom is -0.395 e. The van der Waals surface area contributed by atoms with Crippen LogP contribution in [0.3, 0.4) is 0 Å². The number of aliphatic hydroxyl groups is 1. The predicted molar refractivity (Wildman–Crippen MR) is 41.2 cm³/mol. The molecule has 0 saturated heterocycles. The van der Waals surface area contributed by atoms with Crippen molar-refractivity contribution in [3.05, 3.63) is 0 Å². The van der Waals surface area contributed by atoms with Gasteiger partial charge in [0.2, 0.25) is 0 Å². The van der Waals surface area contributed by atoms with E-state index in [1.807, 2.05) is 6.92 Å². The summed E-state index contributed by atoms with van der Waals surface area (Å²) in [6.45, 7) is 2.84. The second-order valence-corrected chi connectivity index (χ2v) is 2.56. The van der Waals surface area contributed by atoms with E-state index in [9.17, 15) is 9.59 Å². The molecule has 0 aromatic rings. The summed E-state index contributed by atoms with van der Waals surface area (Å²) in [5, 5.41) is 8.65. The molecule has 0 saturated carbocycles. The van der Waals surface area contributed by atoms with Crippen molar-refractivity contribution < 1.29 is 14.7 Å². The van der Waals surface area contributed by atoms with Gasteiger partial charge in [0.15, 0.2) is 0 Å². The van der Waals surface area contributed by atoms with Crippen molar-refractivity contribution in [1.29, 1.82) is 0 Å². The zero-order chi connectivity index (χ0) is 8.85. The Morgan fingerprint density at radius 2 is 2.00 bits per heavy atom. The van der Waals surface area contributed by atoms with Crippen molar-refractivity contribution in [2.75, 3.05) is 6.61 Å². The summed E-state index contributed by atoms with van der Waals surface area (Å²) < 4.78 is 0. The molecule has 3 nitrogen and oxygen atoms in total. The quantitative estimate of drug-likeness (QED) is 0.594. The summed E-state index contributed by atoms with van der Waals surface area (Å²) in [6.07, 6.45) is 1.10. The first-order chi connectivity index (χ1) is 5.13. The fourth-order valence-corrected chi connectivity index (χ4v) is 0.878. The van der Waals surface area contributed by atoms with Crippen LogP contribution in [0, 0.1) is 5.92 Å². The molecule has 1 N–H and O–H groups in total. The smallest absolute Gasteiger partial charge is 0.145 e. The lowest BCUT2D eigenvalue weighted by molar-refractivity contribution is -0.133. The summed E-state index contributed by atoms with van der Waals surface area (Å²) >= 11 is 0. The highest BCUT2D eigenvalue weighted by Gasteiger charge is 2.20. The van der Waals surface area contributed by atoms with Gasteiger partial charge >= 0.3 is 0 Å². The molecule has 0 heterocycles. The molecule has 0 spiro atoms. The molecule has 3 heteroatoms. The summed E-state index contributed by atoms with van der Waals surface area (Å²) in [7, 11) is 0. The van der Waals surface area contributed by atoms with E-state index in [0.29, 0.717) is 6.42 Å². The first kappa shape index (κ1) is 10.3. The Bertz CT molecular complexity index is 151. The van der Waals surface area contributed by atoms with Crippen LogP contribution in [0.4, 0.5) is 0 Å². The summed E-state index contributed by atoms with van der Waals surface area (Å²) in [4.78, 5) is 21.7. The van der Waals surface area contributed by atoms with Crippen LogP contribution in [0.1, 0.15) is 26.7 Å². The molecule has 0 aliphatic carbocycles. The van der Waals surface area contributed by atoms with Gasteiger partial charge in [-0.25, -0.2) is 0 Å². The van der Waals surface area contributed by atoms with Gasteiger partial charge in [-0.05, 0) is 13.3 Å². The molecule has 0 rings (SSSR count). The van der Waals surface area contributed by atoms with Gasteiger partial charge in [-0.1, -0.05) is 6.92 Å². The Labute approximate surface area is 66.4 Å². The van der Waals surface area contributed by atoms with E-state index in [1.165, 1.54) is 6.92 Å². The molecule has 64 valence electrons. The molecule has 0 aliphatic heterocycles. The van der Waals surface area contributed by atoms with Gasteiger partial charge in [-0.15, -0.1) is 0 Å². The molecule has 0 aromatic carbocycles. The Morgan fingerprint density at radius 1 is 1.45 bits per heavy atom. The van der Waals surface area contributed by atoms with Gasteiger partial charge in [0.1, 0.15) is 11.6 Å².